The first-order valence-electron chi connectivity index (χ1n) is 5.21. The summed E-state index contributed by atoms with van der Waals surface area (Å²) in [6.45, 7) is 7.48. The van der Waals surface area contributed by atoms with Gasteiger partial charge in [-0.05, 0) is 12.8 Å². The summed E-state index contributed by atoms with van der Waals surface area (Å²) >= 11 is 0. The molecule has 80 valence electrons. The van der Waals surface area contributed by atoms with Crippen molar-refractivity contribution < 1.29 is 0 Å². The Kier molecular flexibility index (Phi) is 4.07. The highest BCUT2D eigenvalue weighted by Gasteiger charge is 2.10. The molecule has 2 atom stereocenters. The Balaban J connectivity index is 2.37. The molecule has 1 aromatic heterocycles. The summed E-state index contributed by atoms with van der Waals surface area (Å²) in [5.41, 5.74) is 0. The van der Waals surface area contributed by atoms with Crippen molar-refractivity contribution in [2.45, 2.75) is 39.8 Å². The Morgan fingerprint density at radius 1 is 1.50 bits per heavy atom. The molecule has 0 aliphatic heterocycles. The average molecular weight is 196 g/mol. The second kappa shape index (κ2) is 5.10. The summed E-state index contributed by atoms with van der Waals surface area (Å²) in [5.74, 6) is 1.68. The lowest BCUT2D eigenvalue weighted by molar-refractivity contribution is 0.383. The van der Waals surface area contributed by atoms with Crippen molar-refractivity contribution in [3.05, 3.63) is 12.2 Å². The normalized spacial score (nSPS) is 15.4. The maximum Gasteiger partial charge on any atom is 0.140 e. The maximum atomic E-state index is 4.16. The van der Waals surface area contributed by atoms with Crippen molar-refractivity contribution in [1.82, 2.24) is 20.1 Å². The van der Waals surface area contributed by atoms with Crippen LogP contribution in [0.1, 0.15) is 33.0 Å². The summed E-state index contributed by atoms with van der Waals surface area (Å²) in [7, 11) is 1.91. The van der Waals surface area contributed by atoms with Gasteiger partial charge in [0, 0.05) is 13.1 Å². The van der Waals surface area contributed by atoms with Crippen LogP contribution in [0.5, 0.6) is 0 Å². The van der Waals surface area contributed by atoms with E-state index in [0.717, 1.165) is 12.4 Å². The highest BCUT2D eigenvalue weighted by molar-refractivity contribution is 4.83. The smallest absolute Gasteiger partial charge is 0.140 e. The molecule has 14 heavy (non-hydrogen) atoms. The molecule has 0 spiro atoms. The zero-order chi connectivity index (χ0) is 10.6. The topological polar surface area (TPSA) is 42.7 Å². The first-order valence-corrected chi connectivity index (χ1v) is 5.21. The Morgan fingerprint density at radius 3 is 2.71 bits per heavy atom. The lowest BCUT2D eigenvalue weighted by Crippen LogP contribution is -2.32. The molecule has 0 aliphatic rings. The lowest BCUT2D eigenvalue weighted by atomic mass is 10.0. The number of hydrogen-bond acceptors (Lipinski definition) is 3. The maximum absolute atomic E-state index is 4.16. The molecular weight excluding hydrogens is 176 g/mol. The van der Waals surface area contributed by atoms with Gasteiger partial charge in [0.15, 0.2) is 0 Å². The Hall–Kier alpha value is -0.900. The number of nitrogens with zero attached hydrogens (tertiary/aromatic N) is 3. The predicted molar refractivity (Wildman–Crippen MR) is 56.8 cm³/mol. The van der Waals surface area contributed by atoms with Crippen LogP contribution in [0.3, 0.4) is 0 Å². The predicted octanol–water partition coefficient (Wildman–Crippen LogP) is 1.34. The van der Waals surface area contributed by atoms with E-state index in [1.54, 1.807) is 11.0 Å². The molecule has 1 heterocycles. The van der Waals surface area contributed by atoms with Crippen LogP contribution in [0, 0.1) is 5.92 Å². The van der Waals surface area contributed by atoms with Crippen molar-refractivity contribution in [1.29, 1.82) is 0 Å². The Bertz CT molecular complexity index is 269. The first-order chi connectivity index (χ1) is 6.65. The molecule has 1 rings (SSSR count). The molecule has 4 nitrogen and oxygen atoms in total. The van der Waals surface area contributed by atoms with E-state index in [1.165, 1.54) is 6.42 Å². The summed E-state index contributed by atoms with van der Waals surface area (Å²) in [5, 5.41) is 7.48. The zero-order valence-corrected chi connectivity index (χ0v) is 9.49. The summed E-state index contributed by atoms with van der Waals surface area (Å²) < 4.78 is 1.80. The van der Waals surface area contributed by atoms with Gasteiger partial charge in [0.2, 0.25) is 0 Å². The van der Waals surface area contributed by atoms with Crippen molar-refractivity contribution in [2.24, 2.45) is 13.0 Å². The van der Waals surface area contributed by atoms with Crippen LogP contribution in [-0.4, -0.2) is 20.8 Å². The minimum atomic E-state index is 0.525. The summed E-state index contributed by atoms with van der Waals surface area (Å²) in [6.07, 6.45) is 2.79. The van der Waals surface area contributed by atoms with E-state index in [4.69, 9.17) is 0 Å². The number of hydrogen-bond donors (Lipinski definition) is 1. The van der Waals surface area contributed by atoms with Gasteiger partial charge in [0.05, 0.1) is 6.54 Å². The minimum absolute atomic E-state index is 0.525. The van der Waals surface area contributed by atoms with E-state index in [0.29, 0.717) is 12.0 Å². The molecule has 0 fully saturated rings. The van der Waals surface area contributed by atoms with Crippen molar-refractivity contribution in [3.8, 4) is 0 Å². The molecule has 0 radical (unpaired) electrons. The molecule has 0 aromatic carbocycles. The monoisotopic (exact) mass is 196 g/mol. The SMILES string of the molecule is CCC(C)C(C)NCc1ncnn1C. The molecule has 0 saturated carbocycles. The number of nitrogens with one attached hydrogen (secondary N) is 1. The summed E-state index contributed by atoms with van der Waals surface area (Å²) in [6, 6.07) is 0.525. The Labute approximate surface area is 85.7 Å². The standard InChI is InChI=1S/C10H20N4/c1-5-8(2)9(3)11-6-10-12-7-13-14(10)4/h7-9,11H,5-6H2,1-4H3. The highest BCUT2D eigenvalue weighted by Crippen LogP contribution is 2.06. The first kappa shape index (κ1) is 11.2. The Morgan fingerprint density at radius 2 is 2.21 bits per heavy atom. The number of rotatable bonds is 5. The quantitative estimate of drug-likeness (QED) is 0.772. The van der Waals surface area contributed by atoms with Crippen molar-refractivity contribution >= 4 is 0 Å². The van der Waals surface area contributed by atoms with Gasteiger partial charge in [-0.1, -0.05) is 20.3 Å². The van der Waals surface area contributed by atoms with Gasteiger partial charge >= 0.3 is 0 Å². The molecule has 0 amide bonds. The van der Waals surface area contributed by atoms with Gasteiger partial charge < -0.3 is 5.32 Å². The number of aromatic nitrogens is 3. The molecule has 2 unspecified atom stereocenters. The summed E-state index contributed by atoms with van der Waals surface area (Å²) in [4.78, 5) is 4.16. The van der Waals surface area contributed by atoms with Gasteiger partial charge in [-0.3, -0.25) is 4.68 Å². The molecular formula is C10H20N4. The van der Waals surface area contributed by atoms with E-state index in [-0.39, 0.29) is 0 Å². The van der Waals surface area contributed by atoms with Crippen LogP contribution < -0.4 is 5.32 Å². The largest absolute Gasteiger partial charge is 0.307 e. The second-order valence-electron chi connectivity index (χ2n) is 3.85. The van der Waals surface area contributed by atoms with Crippen LogP contribution in [0.4, 0.5) is 0 Å². The van der Waals surface area contributed by atoms with E-state index < -0.39 is 0 Å². The third-order valence-electron chi connectivity index (χ3n) is 2.88. The molecule has 4 heteroatoms. The third-order valence-corrected chi connectivity index (χ3v) is 2.88. The van der Waals surface area contributed by atoms with Crippen LogP contribution in [-0.2, 0) is 13.6 Å². The van der Waals surface area contributed by atoms with E-state index in [9.17, 15) is 0 Å². The van der Waals surface area contributed by atoms with Crippen LogP contribution >= 0.6 is 0 Å². The second-order valence-corrected chi connectivity index (χ2v) is 3.85. The zero-order valence-electron chi connectivity index (χ0n) is 9.49. The number of aryl methyl sites for hydroxylation is 1. The van der Waals surface area contributed by atoms with Gasteiger partial charge in [-0.25, -0.2) is 4.98 Å². The van der Waals surface area contributed by atoms with Crippen LogP contribution in [0.15, 0.2) is 6.33 Å². The van der Waals surface area contributed by atoms with Crippen molar-refractivity contribution in [2.75, 3.05) is 0 Å². The van der Waals surface area contributed by atoms with Gasteiger partial charge in [0.25, 0.3) is 0 Å². The van der Waals surface area contributed by atoms with E-state index in [2.05, 4.69) is 36.2 Å². The fraction of sp³-hybridized carbons (Fsp3) is 0.800. The third kappa shape index (κ3) is 2.80. The van der Waals surface area contributed by atoms with Crippen LogP contribution in [0.2, 0.25) is 0 Å². The van der Waals surface area contributed by atoms with Gasteiger partial charge in [-0.2, -0.15) is 5.10 Å². The minimum Gasteiger partial charge on any atom is -0.307 e. The highest BCUT2D eigenvalue weighted by atomic mass is 15.3. The molecule has 1 aromatic rings. The molecule has 0 bridgehead atoms. The van der Waals surface area contributed by atoms with E-state index >= 15 is 0 Å². The lowest BCUT2D eigenvalue weighted by Gasteiger charge is -2.19. The molecule has 0 aliphatic carbocycles. The van der Waals surface area contributed by atoms with Gasteiger partial charge in [-0.15, -0.1) is 0 Å². The fourth-order valence-corrected chi connectivity index (χ4v) is 1.29. The van der Waals surface area contributed by atoms with Gasteiger partial charge in [0.1, 0.15) is 12.2 Å². The molecule has 1 N–H and O–H groups in total. The average Bonchev–Trinajstić information content (AvgIpc) is 2.59. The molecule has 0 saturated heterocycles. The van der Waals surface area contributed by atoms with Crippen LogP contribution in [0.25, 0.3) is 0 Å². The fourth-order valence-electron chi connectivity index (χ4n) is 1.29. The van der Waals surface area contributed by atoms with E-state index in [1.807, 2.05) is 7.05 Å². The van der Waals surface area contributed by atoms with Crippen molar-refractivity contribution in [3.63, 3.8) is 0 Å².